The van der Waals surface area contributed by atoms with E-state index in [4.69, 9.17) is 16.3 Å². The Kier molecular flexibility index (Phi) is 7.46. The molecule has 2 amide bonds. The van der Waals surface area contributed by atoms with Crippen molar-refractivity contribution >= 4 is 29.4 Å². The lowest BCUT2D eigenvalue weighted by Crippen LogP contribution is -2.46. The minimum atomic E-state index is -0.430. The number of esters is 1. The first kappa shape index (κ1) is 21.8. The van der Waals surface area contributed by atoms with Gasteiger partial charge in [0.05, 0.1) is 0 Å². The van der Waals surface area contributed by atoms with Crippen molar-refractivity contribution in [2.24, 2.45) is 0 Å². The Labute approximate surface area is 181 Å². The van der Waals surface area contributed by atoms with E-state index in [0.29, 0.717) is 55.1 Å². The second-order valence-electron chi connectivity index (χ2n) is 7.38. The molecule has 1 aliphatic rings. The molecule has 0 radical (unpaired) electrons. The highest BCUT2D eigenvalue weighted by Crippen LogP contribution is 2.17. The van der Waals surface area contributed by atoms with Crippen molar-refractivity contribution in [3.63, 3.8) is 0 Å². The minimum absolute atomic E-state index is 0.00944. The van der Waals surface area contributed by atoms with Crippen molar-refractivity contribution in [2.45, 2.75) is 38.6 Å². The number of nitrogens with one attached hydrogen (secondary N) is 1. The largest absolute Gasteiger partial charge is 0.427 e. The molecule has 7 heteroatoms. The maximum Gasteiger partial charge on any atom is 0.308 e. The summed E-state index contributed by atoms with van der Waals surface area (Å²) in [4.78, 5) is 37.9. The number of nitrogens with zero attached hydrogens (tertiary/aromatic N) is 1. The zero-order valence-electron chi connectivity index (χ0n) is 16.9. The molecule has 0 bridgehead atoms. The molecule has 0 saturated carbocycles. The summed E-state index contributed by atoms with van der Waals surface area (Å²) in [6.07, 6.45) is 2.57. The van der Waals surface area contributed by atoms with Crippen LogP contribution in [0.2, 0.25) is 5.02 Å². The number of piperidine rings is 1. The second kappa shape index (κ2) is 10.3. The summed E-state index contributed by atoms with van der Waals surface area (Å²) in [6, 6.07) is 14.1. The quantitative estimate of drug-likeness (QED) is 0.563. The van der Waals surface area contributed by atoms with Crippen LogP contribution >= 0.6 is 11.6 Å². The number of hydrogen-bond acceptors (Lipinski definition) is 4. The molecule has 2 aromatic carbocycles. The third-order valence-electron chi connectivity index (χ3n) is 5.08. The molecule has 0 atom stereocenters. The summed E-state index contributed by atoms with van der Waals surface area (Å²) < 4.78 is 5.03. The van der Waals surface area contributed by atoms with Crippen LogP contribution in [-0.4, -0.2) is 41.8 Å². The number of amides is 2. The molecule has 30 heavy (non-hydrogen) atoms. The summed E-state index contributed by atoms with van der Waals surface area (Å²) in [6.45, 7) is 2.56. The monoisotopic (exact) mass is 428 g/mol. The van der Waals surface area contributed by atoms with Crippen molar-refractivity contribution < 1.29 is 19.1 Å². The number of carbonyl (C=O) groups excluding carboxylic acids is 3. The van der Waals surface area contributed by atoms with Gasteiger partial charge in [-0.1, -0.05) is 29.8 Å². The molecule has 0 unspecified atom stereocenters. The minimum Gasteiger partial charge on any atom is -0.427 e. The van der Waals surface area contributed by atoms with Gasteiger partial charge in [0.1, 0.15) is 5.75 Å². The van der Waals surface area contributed by atoms with Crippen LogP contribution in [0.1, 0.15) is 42.1 Å². The van der Waals surface area contributed by atoms with Crippen LogP contribution in [0.5, 0.6) is 5.75 Å². The van der Waals surface area contributed by atoms with Gasteiger partial charge in [-0.2, -0.15) is 0 Å². The average Bonchev–Trinajstić information content (AvgIpc) is 2.73. The Bertz CT molecular complexity index is 906. The van der Waals surface area contributed by atoms with Crippen LogP contribution in [0, 0.1) is 0 Å². The molecule has 0 aliphatic carbocycles. The molecule has 3 rings (SSSR count). The summed E-state index contributed by atoms with van der Waals surface area (Å²) in [7, 11) is 0. The van der Waals surface area contributed by atoms with Crippen molar-refractivity contribution in [2.75, 3.05) is 13.1 Å². The smallest absolute Gasteiger partial charge is 0.308 e. The Hall–Kier alpha value is -2.86. The number of likely N-dealkylation sites (tertiary alicyclic amines) is 1. The van der Waals surface area contributed by atoms with E-state index in [1.54, 1.807) is 24.3 Å². The predicted octanol–water partition coefficient (Wildman–Crippen LogP) is 3.62. The molecule has 0 aromatic heterocycles. The Morgan fingerprint density at radius 1 is 1.10 bits per heavy atom. The summed E-state index contributed by atoms with van der Waals surface area (Å²) in [5.41, 5.74) is 1.53. The van der Waals surface area contributed by atoms with Gasteiger partial charge in [0.15, 0.2) is 0 Å². The van der Waals surface area contributed by atoms with Crippen molar-refractivity contribution in [3.8, 4) is 5.75 Å². The first-order chi connectivity index (χ1) is 14.4. The second-order valence-corrected chi connectivity index (χ2v) is 7.81. The molecule has 0 spiro atoms. The SMILES string of the molecule is CC(=O)Oc1cccc(C(=O)NC2CCN(C(=O)CCc3ccc(Cl)cc3)CC2)c1. The maximum atomic E-state index is 12.5. The first-order valence-corrected chi connectivity index (χ1v) is 10.4. The van der Waals surface area contributed by atoms with E-state index in [2.05, 4.69) is 5.32 Å². The van der Waals surface area contributed by atoms with E-state index in [1.165, 1.54) is 6.92 Å². The predicted molar refractivity (Wildman–Crippen MR) is 115 cm³/mol. The molecule has 1 heterocycles. The maximum absolute atomic E-state index is 12.5. The van der Waals surface area contributed by atoms with Crippen LogP contribution in [0.3, 0.4) is 0 Å². The van der Waals surface area contributed by atoms with E-state index < -0.39 is 5.97 Å². The highest BCUT2D eigenvalue weighted by atomic mass is 35.5. The molecule has 158 valence electrons. The van der Waals surface area contributed by atoms with E-state index >= 15 is 0 Å². The fraction of sp³-hybridized carbons (Fsp3) is 0.348. The number of benzene rings is 2. The molecule has 1 N–H and O–H groups in total. The molecule has 1 aliphatic heterocycles. The topological polar surface area (TPSA) is 75.7 Å². The van der Waals surface area contributed by atoms with Crippen molar-refractivity contribution in [1.82, 2.24) is 10.2 Å². The number of hydrogen-bond donors (Lipinski definition) is 1. The van der Waals surface area contributed by atoms with Gasteiger partial charge in [0.25, 0.3) is 5.91 Å². The Balaban J connectivity index is 1.44. The van der Waals surface area contributed by atoms with Gasteiger partial charge < -0.3 is 15.0 Å². The Morgan fingerprint density at radius 3 is 2.47 bits per heavy atom. The number of rotatable bonds is 6. The Morgan fingerprint density at radius 2 is 1.80 bits per heavy atom. The van der Waals surface area contributed by atoms with Gasteiger partial charge in [-0.3, -0.25) is 14.4 Å². The van der Waals surface area contributed by atoms with Crippen LogP contribution < -0.4 is 10.1 Å². The fourth-order valence-electron chi connectivity index (χ4n) is 3.47. The molecule has 1 fully saturated rings. The third kappa shape index (κ3) is 6.32. The van der Waals surface area contributed by atoms with Crippen molar-refractivity contribution in [1.29, 1.82) is 0 Å². The van der Waals surface area contributed by atoms with E-state index in [0.717, 1.165) is 5.56 Å². The number of aryl methyl sites for hydroxylation is 1. The summed E-state index contributed by atoms with van der Waals surface area (Å²) in [5, 5.41) is 3.70. The standard InChI is InChI=1S/C23H25ClN2O4/c1-16(27)30-21-4-2-3-18(15-21)23(29)25-20-11-13-26(14-12-20)22(28)10-7-17-5-8-19(24)9-6-17/h2-6,8-9,15,20H,7,10-14H2,1H3,(H,25,29). The first-order valence-electron chi connectivity index (χ1n) is 10.0. The van der Waals surface area contributed by atoms with Crippen molar-refractivity contribution in [3.05, 3.63) is 64.7 Å². The van der Waals surface area contributed by atoms with Gasteiger partial charge in [0, 0.05) is 43.1 Å². The number of carbonyl (C=O) groups is 3. The molecular formula is C23H25ClN2O4. The van der Waals surface area contributed by atoms with Gasteiger partial charge in [0.2, 0.25) is 5.91 Å². The van der Waals surface area contributed by atoms with Gasteiger partial charge in [-0.25, -0.2) is 0 Å². The van der Waals surface area contributed by atoms with Crippen LogP contribution in [0.25, 0.3) is 0 Å². The van der Waals surface area contributed by atoms with E-state index in [9.17, 15) is 14.4 Å². The molecule has 6 nitrogen and oxygen atoms in total. The summed E-state index contributed by atoms with van der Waals surface area (Å²) >= 11 is 5.89. The van der Waals surface area contributed by atoms with Gasteiger partial charge >= 0.3 is 5.97 Å². The van der Waals surface area contributed by atoms with Crippen LogP contribution in [0.15, 0.2) is 48.5 Å². The lowest BCUT2D eigenvalue weighted by molar-refractivity contribution is -0.133. The normalized spacial score (nSPS) is 14.3. The molecule has 1 saturated heterocycles. The van der Waals surface area contributed by atoms with E-state index in [-0.39, 0.29) is 17.9 Å². The molecule has 2 aromatic rings. The highest BCUT2D eigenvalue weighted by Gasteiger charge is 2.24. The lowest BCUT2D eigenvalue weighted by atomic mass is 10.0. The van der Waals surface area contributed by atoms with Gasteiger partial charge in [-0.15, -0.1) is 0 Å². The lowest BCUT2D eigenvalue weighted by Gasteiger charge is -2.32. The number of ether oxygens (including phenoxy) is 1. The average molecular weight is 429 g/mol. The number of halogens is 1. The van der Waals surface area contributed by atoms with Crippen LogP contribution in [-0.2, 0) is 16.0 Å². The zero-order chi connectivity index (χ0) is 21.5. The fourth-order valence-corrected chi connectivity index (χ4v) is 3.60. The highest BCUT2D eigenvalue weighted by molar-refractivity contribution is 6.30. The van der Waals surface area contributed by atoms with E-state index in [1.807, 2.05) is 29.2 Å². The third-order valence-corrected chi connectivity index (χ3v) is 5.33. The zero-order valence-corrected chi connectivity index (χ0v) is 17.7. The molecular weight excluding hydrogens is 404 g/mol. The van der Waals surface area contributed by atoms with Crippen LogP contribution in [0.4, 0.5) is 0 Å². The summed E-state index contributed by atoms with van der Waals surface area (Å²) in [5.74, 6) is -0.169. The van der Waals surface area contributed by atoms with Gasteiger partial charge in [-0.05, 0) is 55.2 Å².